The van der Waals surface area contributed by atoms with Gasteiger partial charge in [-0.2, -0.15) is 0 Å². The van der Waals surface area contributed by atoms with E-state index in [9.17, 15) is 9.59 Å². The Bertz CT molecular complexity index is 502. The van der Waals surface area contributed by atoms with E-state index in [1.807, 2.05) is 0 Å². The van der Waals surface area contributed by atoms with Gasteiger partial charge in [-0.15, -0.1) is 0 Å². The molecule has 1 amide bonds. The first-order valence-corrected chi connectivity index (χ1v) is 5.11. The minimum absolute atomic E-state index is 0.230. The van der Waals surface area contributed by atoms with Crippen molar-refractivity contribution in [2.45, 2.75) is 6.42 Å². The average Bonchev–Trinajstić information content (AvgIpc) is 2.32. The van der Waals surface area contributed by atoms with E-state index in [0.717, 1.165) is 0 Å². The number of hydrogen-bond acceptors (Lipinski definition) is 3. The molecule has 0 aliphatic rings. The number of aromatic nitrogens is 1. The number of rotatable bonds is 5. The lowest BCUT2D eigenvalue weighted by molar-refractivity contribution is 0.0953. The molecule has 1 aromatic heterocycles. The zero-order valence-corrected chi connectivity index (χ0v) is 9.46. The Morgan fingerprint density at radius 1 is 1.65 bits per heavy atom. The third-order valence-electron chi connectivity index (χ3n) is 2.15. The molecule has 7 heteroatoms. The largest absolute Gasteiger partial charge is 0.352 e. The molecule has 7 nitrogen and oxygen atoms in total. The van der Waals surface area contributed by atoms with E-state index in [4.69, 9.17) is 5.53 Å². The molecule has 0 atom stereocenters. The van der Waals surface area contributed by atoms with Crippen LogP contribution in [-0.4, -0.2) is 23.6 Å². The van der Waals surface area contributed by atoms with Crippen molar-refractivity contribution in [3.05, 3.63) is 44.7 Å². The topological polar surface area (TPSA) is 99.9 Å². The molecule has 0 aliphatic carbocycles. The molecule has 0 spiro atoms. The predicted octanol–water partition coefficient (Wildman–Crippen LogP) is 0.816. The fourth-order valence-corrected chi connectivity index (χ4v) is 1.19. The van der Waals surface area contributed by atoms with E-state index in [1.165, 1.54) is 16.8 Å². The summed E-state index contributed by atoms with van der Waals surface area (Å²) in [5.74, 6) is -0.302. The van der Waals surface area contributed by atoms with E-state index in [2.05, 4.69) is 15.3 Å². The van der Waals surface area contributed by atoms with Crippen LogP contribution in [0.4, 0.5) is 0 Å². The first-order valence-electron chi connectivity index (χ1n) is 5.11. The van der Waals surface area contributed by atoms with Crippen LogP contribution in [0, 0.1) is 0 Å². The first-order chi connectivity index (χ1) is 8.15. The number of amides is 1. The second-order valence-electron chi connectivity index (χ2n) is 3.43. The van der Waals surface area contributed by atoms with E-state index in [1.54, 1.807) is 13.1 Å². The highest BCUT2D eigenvalue weighted by Gasteiger charge is 2.05. The van der Waals surface area contributed by atoms with Crippen molar-refractivity contribution in [3.8, 4) is 0 Å². The maximum atomic E-state index is 11.6. The molecule has 1 aromatic rings. The van der Waals surface area contributed by atoms with Crippen molar-refractivity contribution in [2.75, 3.05) is 13.1 Å². The van der Waals surface area contributed by atoms with Crippen molar-refractivity contribution in [1.82, 2.24) is 9.88 Å². The molecule has 0 saturated heterocycles. The van der Waals surface area contributed by atoms with Crippen LogP contribution < -0.4 is 10.9 Å². The molecule has 0 saturated carbocycles. The lowest BCUT2D eigenvalue weighted by Gasteiger charge is -2.04. The van der Waals surface area contributed by atoms with Gasteiger partial charge in [-0.25, -0.2) is 0 Å². The van der Waals surface area contributed by atoms with Crippen molar-refractivity contribution in [1.29, 1.82) is 0 Å². The normalized spacial score (nSPS) is 9.47. The van der Waals surface area contributed by atoms with Crippen LogP contribution in [-0.2, 0) is 7.05 Å². The van der Waals surface area contributed by atoms with Crippen LogP contribution >= 0.6 is 0 Å². The van der Waals surface area contributed by atoms with Gasteiger partial charge >= 0.3 is 0 Å². The highest BCUT2D eigenvalue weighted by atomic mass is 16.2. The summed E-state index contributed by atoms with van der Waals surface area (Å²) in [6, 6.07) is 2.85. The lowest BCUT2D eigenvalue weighted by atomic mass is 10.2. The Balaban J connectivity index is 2.49. The van der Waals surface area contributed by atoms with Crippen LogP contribution in [0.3, 0.4) is 0 Å². The molecule has 0 radical (unpaired) electrons. The maximum Gasteiger partial charge on any atom is 0.251 e. The Kier molecular flexibility index (Phi) is 4.77. The number of nitrogens with one attached hydrogen (secondary N) is 1. The monoisotopic (exact) mass is 235 g/mol. The molecular formula is C10H13N5O2. The van der Waals surface area contributed by atoms with Gasteiger partial charge < -0.3 is 9.88 Å². The summed E-state index contributed by atoms with van der Waals surface area (Å²) in [6.45, 7) is 0.750. The van der Waals surface area contributed by atoms with Crippen LogP contribution in [0.25, 0.3) is 10.4 Å². The molecule has 0 aromatic carbocycles. The molecule has 0 bridgehead atoms. The Hall–Kier alpha value is -2.27. The Morgan fingerprint density at radius 2 is 2.41 bits per heavy atom. The highest BCUT2D eigenvalue weighted by Crippen LogP contribution is 1.94. The molecule has 1 rings (SSSR count). The summed E-state index contributed by atoms with van der Waals surface area (Å²) in [5.41, 5.74) is 8.14. The zero-order chi connectivity index (χ0) is 12.7. The molecule has 0 aliphatic heterocycles. The van der Waals surface area contributed by atoms with Gasteiger partial charge in [0.1, 0.15) is 0 Å². The number of carbonyl (C=O) groups is 1. The van der Waals surface area contributed by atoms with E-state index in [0.29, 0.717) is 25.1 Å². The van der Waals surface area contributed by atoms with E-state index >= 15 is 0 Å². The van der Waals surface area contributed by atoms with Crippen LogP contribution in [0.15, 0.2) is 28.2 Å². The summed E-state index contributed by atoms with van der Waals surface area (Å²) >= 11 is 0. The minimum Gasteiger partial charge on any atom is -0.352 e. The molecule has 0 unspecified atom stereocenters. The standard InChI is InChI=1S/C10H13N5O2/c1-15-6-3-8(7-9(15)16)10(17)12-4-2-5-13-14-11/h3,6-7H,2,4-5H2,1H3,(H,12,17). The first kappa shape index (κ1) is 12.8. The summed E-state index contributed by atoms with van der Waals surface area (Å²) in [7, 11) is 1.61. The fourth-order valence-electron chi connectivity index (χ4n) is 1.19. The third kappa shape index (κ3) is 4.00. The smallest absolute Gasteiger partial charge is 0.251 e. The number of azide groups is 1. The maximum absolute atomic E-state index is 11.6. The van der Waals surface area contributed by atoms with Crippen molar-refractivity contribution in [2.24, 2.45) is 12.2 Å². The molecule has 90 valence electrons. The van der Waals surface area contributed by atoms with Gasteiger partial charge in [0, 0.05) is 42.9 Å². The van der Waals surface area contributed by atoms with Gasteiger partial charge in [-0.3, -0.25) is 9.59 Å². The van der Waals surface area contributed by atoms with Gasteiger partial charge in [0.05, 0.1) is 0 Å². The number of nitrogens with zero attached hydrogens (tertiary/aromatic N) is 4. The number of pyridine rings is 1. The molecule has 1 heterocycles. The van der Waals surface area contributed by atoms with Crippen molar-refractivity contribution < 1.29 is 4.79 Å². The number of hydrogen-bond donors (Lipinski definition) is 1. The molecule has 0 fully saturated rings. The van der Waals surface area contributed by atoms with E-state index in [-0.39, 0.29) is 11.5 Å². The minimum atomic E-state index is -0.302. The van der Waals surface area contributed by atoms with Gasteiger partial charge in [0.2, 0.25) is 0 Å². The van der Waals surface area contributed by atoms with Crippen LogP contribution in [0.1, 0.15) is 16.8 Å². The zero-order valence-electron chi connectivity index (χ0n) is 9.46. The molecule has 17 heavy (non-hydrogen) atoms. The summed E-state index contributed by atoms with van der Waals surface area (Å²) in [5, 5.41) is 5.98. The third-order valence-corrected chi connectivity index (χ3v) is 2.15. The number of aryl methyl sites for hydroxylation is 1. The Labute approximate surface area is 97.7 Å². The summed E-state index contributed by atoms with van der Waals surface area (Å²) in [6.07, 6.45) is 2.11. The predicted molar refractivity (Wildman–Crippen MR) is 62.6 cm³/mol. The van der Waals surface area contributed by atoms with Crippen molar-refractivity contribution in [3.63, 3.8) is 0 Å². The molecular weight excluding hydrogens is 222 g/mol. The van der Waals surface area contributed by atoms with Gasteiger partial charge in [0.25, 0.3) is 11.5 Å². The number of carbonyl (C=O) groups excluding carboxylic acids is 1. The summed E-state index contributed by atoms with van der Waals surface area (Å²) in [4.78, 5) is 25.5. The van der Waals surface area contributed by atoms with Gasteiger partial charge in [-0.1, -0.05) is 5.11 Å². The van der Waals surface area contributed by atoms with Gasteiger partial charge in [-0.05, 0) is 18.0 Å². The van der Waals surface area contributed by atoms with Gasteiger partial charge in [0.15, 0.2) is 0 Å². The second kappa shape index (κ2) is 6.34. The Morgan fingerprint density at radius 3 is 3.06 bits per heavy atom. The quantitative estimate of drug-likeness (QED) is 0.353. The van der Waals surface area contributed by atoms with E-state index < -0.39 is 0 Å². The highest BCUT2D eigenvalue weighted by molar-refractivity contribution is 5.93. The molecule has 1 N–H and O–H groups in total. The summed E-state index contributed by atoms with van der Waals surface area (Å²) < 4.78 is 1.39. The van der Waals surface area contributed by atoms with Crippen LogP contribution in [0.2, 0.25) is 0 Å². The van der Waals surface area contributed by atoms with Crippen LogP contribution in [0.5, 0.6) is 0 Å². The lowest BCUT2D eigenvalue weighted by Crippen LogP contribution is -2.27. The average molecular weight is 235 g/mol. The second-order valence-corrected chi connectivity index (χ2v) is 3.43. The van der Waals surface area contributed by atoms with Crippen molar-refractivity contribution >= 4 is 5.91 Å². The SMILES string of the molecule is Cn1ccc(C(=O)NCCCN=[N+]=[N-])cc1=O. The fraction of sp³-hybridized carbons (Fsp3) is 0.400.